The van der Waals surface area contributed by atoms with Gasteiger partial charge in [0.1, 0.15) is 17.9 Å². The number of rotatable bonds is 3. The highest BCUT2D eigenvalue weighted by Gasteiger charge is 2.27. The molecule has 1 aliphatic heterocycles. The third kappa shape index (κ3) is 2.70. The van der Waals surface area contributed by atoms with Crippen molar-refractivity contribution in [1.29, 1.82) is 5.26 Å². The lowest BCUT2D eigenvalue weighted by atomic mass is 10.1. The van der Waals surface area contributed by atoms with Crippen molar-refractivity contribution in [2.75, 3.05) is 20.1 Å². The number of benzene rings is 1. The van der Waals surface area contributed by atoms with Gasteiger partial charge in [-0.25, -0.2) is 4.98 Å². The Kier molecular flexibility index (Phi) is 3.80. The number of likely N-dealkylation sites (N-methyl/N-ethyl adjacent to an activating group) is 1. The number of pyridine rings is 1. The Hall–Kier alpha value is -3.38. The molecule has 9 nitrogen and oxygen atoms in total. The maximum atomic E-state index is 9.36. The fraction of sp³-hybridized carbons (Fsp3) is 0.368. The first kappa shape index (κ1) is 16.8. The van der Waals surface area contributed by atoms with Gasteiger partial charge in [-0.2, -0.15) is 10.1 Å². The van der Waals surface area contributed by atoms with Crippen LogP contribution in [-0.2, 0) is 6.54 Å². The molecule has 1 aromatic carbocycles. The van der Waals surface area contributed by atoms with Gasteiger partial charge in [-0.1, -0.05) is 0 Å². The molecule has 0 unspecified atom stereocenters. The van der Waals surface area contributed by atoms with Crippen LogP contribution >= 0.6 is 0 Å². The minimum Gasteiger partial charge on any atom is -0.321 e. The fourth-order valence-electron chi connectivity index (χ4n) is 4.04. The number of likely N-dealkylation sites (tertiary alicyclic amines) is 1. The van der Waals surface area contributed by atoms with E-state index in [1.54, 1.807) is 10.9 Å². The monoisotopic (exact) mass is 373 g/mol. The molecule has 5 rings (SSSR count). The maximum absolute atomic E-state index is 9.36. The third-order valence-corrected chi connectivity index (χ3v) is 5.29. The van der Waals surface area contributed by atoms with Gasteiger partial charge in [0, 0.05) is 18.0 Å². The Balaban J connectivity index is 1.76. The second-order valence-electron chi connectivity index (χ2n) is 7.31. The van der Waals surface area contributed by atoms with Crippen molar-refractivity contribution in [2.24, 2.45) is 0 Å². The summed E-state index contributed by atoms with van der Waals surface area (Å²) in [5.74, 6) is 1.51. The van der Waals surface area contributed by atoms with E-state index in [-0.39, 0.29) is 0 Å². The van der Waals surface area contributed by atoms with Crippen LogP contribution in [0.1, 0.15) is 29.7 Å². The lowest BCUT2D eigenvalue weighted by Gasteiger charge is -2.17. The summed E-state index contributed by atoms with van der Waals surface area (Å²) in [6.45, 7) is 4.25. The fourth-order valence-corrected chi connectivity index (χ4v) is 4.04. The average molecular weight is 373 g/mol. The number of imidazole rings is 1. The molecule has 0 amide bonds. The molecular formula is C19H19N9. The highest BCUT2D eigenvalue weighted by molar-refractivity contribution is 6.02. The molecule has 1 fully saturated rings. The van der Waals surface area contributed by atoms with Crippen LogP contribution in [0.5, 0.6) is 0 Å². The quantitative estimate of drug-likeness (QED) is 0.538. The van der Waals surface area contributed by atoms with Gasteiger partial charge in [-0.3, -0.25) is 4.98 Å². The summed E-state index contributed by atoms with van der Waals surface area (Å²) >= 11 is 0. The zero-order chi connectivity index (χ0) is 19.3. The van der Waals surface area contributed by atoms with Gasteiger partial charge < -0.3 is 9.47 Å². The van der Waals surface area contributed by atoms with Crippen molar-refractivity contribution in [3.05, 3.63) is 41.6 Å². The molecule has 0 bridgehead atoms. The molecule has 0 aliphatic carbocycles. The zero-order valence-corrected chi connectivity index (χ0v) is 15.7. The van der Waals surface area contributed by atoms with Crippen molar-refractivity contribution in [1.82, 2.24) is 39.6 Å². The summed E-state index contributed by atoms with van der Waals surface area (Å²) in [5.41, 5.74) is 3.33. The number of aromatic nitrogens is 7. The van der Waals surface area contributed by atoms with Crippen LogP contribution in [0, 0.1) is 18.3 Å². The van der Waals surface area contributed by atoms with E-state index in [1.807, 2.05) is 25.3 Å². The van der Waals surface area contributed by atoms with Gasteiger partial charge in [0.05, 0.1) is 28.9 Å². The number of fused-ring (bicyclic) bond motifs is 3. The van der Waals surface area contributed by atoms with Gasteiger partial charge >= 0.3 is 0 Å². The van der Waals surface area contributed by atoms with Crippen LogP contribution in [0.4, 0.5) is 0 Å². The predicted octanol–water partition coefficient (Wildman–Crippen LogP) is 1.68. The number of nitriles is 1. The highest BCUT2D eigenvalue weighted by Crippen LogP contribution is 2.32. The SMILES string of the molecule is Cc1nnn(Cc2nc3cnc4ccc(C#N)cc4c3n2[C@@H]2CCN(C)C2)n1. The minimum atomic E-state index is 0.297. The summed E-state index contributed by atoms with van der Waals surface area (Å²) < 4.78 is 2.29. The van der Waals surface area contributed by atoms with E-state index in [0.29, 0.717) is 24.0 Å². The van der Waals surface area contributed by atoms with E-state index in [2.05, 4.69) is 43.0 Å². The molecule has 9 heteroatoms. The van der Waals surface area contributed by atoms with Gasteiger partial charge in [-0.05, 0) is 50.3 Å². The van der Waals surface area contributed by atoms with E-state index < -0.39 is 0 Å². The van der Waals surface area contributed by atoms with Crippen molar-refractivity contribution in [3.8, 4) is 6.07 Å². The first-order valence-corrected chi connectivity index (χ1v) is 9.25. The Morgan fingerprint density at radius 1 is 1.29 bits per heavy atom. The average Bonchev–Trinajstić information content (AvgIpc) is 3.39. The molecule has 1 atom stereocenters. The number of aryl methyl sites for hydroxylation is 1. The van der Waals surface area contributed by atoms with Crippen LogP contribution in [0.2, 0.25) is 0 Å². The normalized spacial score (nSPS) is 17.5. The lowest BCUT2D eigenvalue weighted by Crippen LogP contribution is -2.19. The topological polar surface area (TPSA) is 101 Å². The number of nitrogens with zero attached hydrogens (tertiary/aromatic N) is 9. The maximum Gasteiger partial charge on any atom is 0.171 e. The smallest absolute Gasteiger partial charge is 0.171 e. The first-order chi connectivity index (χ1) is 13.6. The summed E-state index contributed by atoms with van der Waals surface area (Å²) in [6.07, 6.45) is 2.85. The standard InChI is InChI=1S/C19H19N9/c1-12-23-25-27(24-12)11-18-22-17-9-21-16-4-3-13(8-20)7-15(16)19(17)28(18)14-5-6-26(2)10-14/h3-4,7,9,14H,5-6,10-11H2,1-2H3/t14-/m1/s1. The molecule has 0 saturated carbocycles. The highest BCUT2D eigenvalue weighted by atomic mass is 15.6. The second-order valence-corrected chi connectivity index (χ2v) is 7.31. The van der Waals surface area contributed by atoms with Gasteiger partial charge in [0.25, 0.3) is 0 Å². The molecule has 28 heavy (non-hydrogen) atoms. The number of hydrogen-bond acceptors (Lipinski definition) is 7. The Morgan fingerprint density at radius 3 is 2.89 bits per heavy atom. The molecule has 1 saturated heterocycles. The summed E-state index contributed by atoms with van der Waals surface area (Å²) in [6, 6.07) is 8.13. The number of tetrazole rings is 1. The summed E-state index contributed by atoms with van der Waals surface area (Å²) in [7, 11) is 2.13. The van der Waals surface area contributed by atoms with Gasteiger partial charge in [0.2, 0.25) is 0 Å². The van der Waals surface area contributed by atoms with E-state index in [9.17, 15) is 5.26 Å². The summed E-state index contributed by atoms with van der Waals surface area (Å²) in [5, 5.41) is 22.7. The minimum absolute atomic E-state index is 0.297. The summed E-state index contributed by atoms with van der Waals surface area (Å²) in [4.78, 5) is 13.3. The Labute approximate surface area is 161 Å². The lowest BCUT2D eigenvalue weighted by molar-refractivity contribution is 0.389. The van der Waals surface area contributed by atoms with Crippen LogP contribution in [0.3, 0.4) is 0 Å². The molecule has 140 valence electrons. The van der Waals surface area contributed by atoms with Gasteiger partial charge in [-0.15, -0.1) is 10.2 Å². The van der Waals surface area contributed by atoms with Crippen molar-refractivity contribution < 1.29 is 0 Å². The van der Waals surface area contributed by atoms with E-state index >= 15 is 0 Å². The Morgan fingerprint density at radius 2 is 2.18 bits per heavy atom. The molecule has 4 aromatic rings. The third-order valence-electron chi connectivity index (χ3n) is 5.29. The second kappa shape index (κ2) is 6.35. The van der Waals surface area contributed by atoms with Crippen LogP contribution < -0.4 is 0 Å². The van der Waals surface area contributed by atoms with E-state index in [0.717, 1.165) is 47.3 Å². The van der Waals surface area contributed by atoms with E-state index in [4.69, 9.17) is 4.98 Å². The van der Waals surface area contributed by atoms with Crippen LogP contribution in [0.15, 0.2) is 24.4 Å². The van der Waals surface area contributed by atoms with Crippen LogP contribution in [-0.4, -0.2) is 59.8 Å². The van der Waals surface area contributed by atoms with Crippen molar-refractivity contribution >= 4 is 21.9 Å². The molecule has 1 aliphatic rings. The molecular weight excluding hydrogens is 354 g/mol. The molecule has 3 aromatic heterocycles. The Bertz CT molecular complexity index is 1230. The predicted molar refractivity (Wildman–Crippen MR) is 103 cm³/mol. The molecule has 4 heterocycles. The molecule has 0 radical (unpaired) electrons. The van der Waals surface area contributed by atoms with Gasteiger partial charge in [0.15, 0.2) is 5.82 Å². The van der Waals surface area contributed by atoms with Crippen LogP contribution in [0.25, 0.3) is 21.9 Å². The first-order valence-electron chi connectivity index (χ1n) is 9.25. The zero-order valence-electron chi connectivity index (χ0n) is 15.7. The van der Waals surface area contributed by atoms with Crippen molar-refractivity contribution in [3.63, 3.8) is 0 Å². The largest absolute Gasteiger partial charge is 0.321 e. The van der Waals surface area contributed by atoms with Crippen molar-refractivity contribution in [2.45, 2.75) is 25.9 Å². The number of hydrogen-bond donors (Lipinski definition) is 0. The molecule has 0 N–H and O–H groups in total. The van der Waals surface area contributed by atoms with E-state index in [1.165, 1.54) is 0 Å². The molecule has 0 spiro atoms.